The third-order valence-electron chi connectivity index (χ3n) is 6.24. The first-order valence-electron chi connectivity index (χ1n) is 11.0. The van der Waals surface area contributed by atoms with Crippen LogP contribution in [0, 0.1) is 0 Å². The summed E-state index contributed by atoms with van der Waals surface area (Å²) >= 11 is 6.14. The summed E-state index contributed by atoms with van der Waals surface area (Å²) in [6, 6.07) is 19.8. The van der Waals surface area contributed by atoms with Gasteiger partial charge in [-0.1, -0.05) is 30.7 Å². The number of anilines is 2. The molecule has 2 atom stereocenters. The number of rotatable bonds is 4. The standard InChI is InChI=1S/C26H24ClN3O3/c1-3-16-4-9-19(10-5-16)28-24(31)17-6-11-20(12-7-17)30-25(32)29-22-15-26(30,2)33-23-13-8-18(27)14-21(22)23/h4-14,22H,3,15H2,1-2H3,(H,28,31)(H,29,32). The van der Waals surface area contributed by atoms with Crippen LogP contribution in [0.1, 0.15) is 47.8 Å². The summed E-state index contributed by atoms with van der Waals surface area (Å²) in [5.74, 6) is 0.494. The number of amides is 3. The molecule has 7 heteroatoms. The highest BCUT2D eigenvalue weighted by atomic mass is 35.5. The van der Waals surface area contributed by atoms with Crippen LogP contribution in [-0.4, -0.2) is 17.7 Å². The van der Waals surface area contributed by atoms with Gasteiger partial charge in [-0.3, -0.25) is 9.69 Å². The maximum absolute atomic E-state index is 13.0. The minimum absolute atomic E-state index is 0.176. The number of nitrogens with zero attached hydrogens (tertiary/aromatic N) is 1. The number of hydrogen-bond acceptors (Lipinski definition) is 3. The van der Waals surface area contributed by atoms with Gasteiger partial charge in [-0.15, -0.1) is 0 Å². The van der Waals surface area contributed by atoms with E-state index in [0.29, 0.717) is 28.4 Å². The fourth-order valence-corrected chi connectivity index (χ4v) is 4.71. The Labute approximate surface area is 197 Å². The number of hydrogen-bond donors (Lipinski definition) is 2. The summed E-state index contributed by atoms with van der Waals surface area (Å²) in [6.07, 6.45) is 1.52. The Bertz CT molecular complexity index is 1230. The number of aryl methyl sites for hydroxylation is 1. The first-order valence-corrected chi connectivity index (χ1v) is 11.3. The van der Waals surface area contributed by atoms with Crippen molar-refractivity contribution in [1.29, 1.82) is 0 Å². The van der Waals surface area contributed by atoms with E-state index in [1.807, 2.05) is 43.3 Å². The number of carbonyl (C=O) groups excluding carboxylic acids is 2. The third kappa shape index (κ3) is 3.91. The maximum atomic E-state index is 13.0. The highest BCUT2D eigenvalue weighted by Gasteiger charge is 2.49. The van der Waals surface area contributed by atoms with E-state index in [9.17, 15) is 9.59 Å². The summed E-state index contributed by atoms with van der Waals surface area (Å²) in [5, 5.41) is 6.57. The van der Waals surface area contributed by atoms with Gasteiger partial charge in [0, 0.05) is 33.9 Å². The number of carbonyl (C=O) groups is 2. The quantitative estimate of drug-likeness (QED) is 0.506. The van der Waals surface area contributed by atoms with Crippen LogP contribution >= 0.6 is 11.6 Å². The Morgan fingerprint density at radius 2 is 1.88 bits per heavy atom. The molecule has 168 valence electrons. The van der Waals surface area contributed by atoms with E-state index in [0.717, 1.165) is 17.7 Å². The van der Waals surface area contributed by atoms with Crippen LogP contribution in [0.4, 0.5) is 16.2 Å². The molecule has 33 heavy (non-hydrogen) atoms. The molecule has 1 saturated heterocycles. The molecule has 0 radical (unpaired) electrons. The number of fused-ring (bicyclic) bond motifs is 4. The van der Waals surface area contributed by atoms with Gasteiger partial charge in [0.1, 0.15) is 5.75 Å². The highest BCUT2D eigenvalue weighted by Crippen LogP contribution is 2.46. The fourth-order valence-electron chi connectivity index (χ4n) is 4.53. The number of ether oxygens (including phenoxy) is 1. The molecule has 0 saturated carbocycles. The molecular formula is C26H24ClN3O3. The van der Waals surface area contributed by atoms with Gasteiger partial charge >= 0.3 is 6.03 Å². The minimum atomic E-state index is -0.862. The van der Waals surface area contributed by atoms with Crippen molar-refractivity contribution in [2.75, 3.05) is 10.2 Å². The van der Waals surface area contributed by atoms with Gasteiger partial charge in [-0.05, 0) is 73.5 Å². The van der Waals surface area contributed by atoms with Gasteiger partial charge < -0.3 is 15.4 Å². The van der Waals surface area contributed by atoms with Crippen molar-refractivity contribution in [3.8, 4) is 5.75 Å². The first-order chi connectivity index (χ1) is 15.9. The first kappa shape index (κ1) is 21.3. The maximum Gasteiger partial charge on any atom is 0.325 e. The molecule has 2 unspecified atom stereocenters. The monoisotopic (exact) mass is 461 g/mol. The second kappa shape index (κ2) is 8.12. The minimum Gasteiger partial charge on any atom is -0.467 e. The molecule has 3 aromatic carbocycles. The molecule has 2 N–H and O–H groups in total. The molecule has 0 aromatic heterocycles. The van der Waals surface area contributed by atoms with Crippen LogP contribution in [0.2, 0.25) is 5.02 Å². The Morgan fingerprint density at radius 1 is 1.15 bits per heavy atom. The normalized spacial score (nSPS) is 21.0. The van der Waals surface area contributed by atoms with Crippen LogP contribution in [0.5, 0.6) is 5.75 Å². The predicted molar refractivity (Wildman–Crippen MR) is 129 cm³/mol. The van der Waals surface area contributed by atoms with Gasteiger partial charge in [0.2, 0.25) is 0 Å². The van der Waals surface area contributed by atoms with Crippen molar-refractivity contribution in [2.24, 2.45) is 0 Å². The van der Waals surface area contributed by atoms with E-state index in [1.165, 1.54) is 5.56 Å². The number of urea groups is 1. The Balaban J connectivity index is 1.37. The van der Waals surface area contributed by atoms with E-state index in [4.69, 9.17) is 16.3 Å². The van der Waals surface area contributed by atoms with E-state index in [-0.39, 0.29) is 18.0 Å². The fraction of sp³-hybridized carbons (Fsp3) is 0.231. The molecule has 0 aliphatic carbocycles. The molecule has 3 aromatic rings. The topological polar surface area (TPSA) is 70.7 Å². The molecule has 1 fully saturated rings. The number of benzene rings is 3. The van der Waals surface area contributed by atoms with Crippen LogP contribution in [0.15, 0.2) is 66.7 Å². The van der Waals surface area contributed by atoms with Gasteiger partial charge in [-0.2, -0.15) is 0 Å². The Hall–Kier alpha value is -3.51. The van der Waals surface area contributed by atoms with Crippen molar-refractivity contribution < 1.29 is 14.3 Å². The Kier molecular flexibility index (Phi) is 5.25. The second-order valence-corrected chi connectivity index (χ2v) is 8.99. The van der Waals surface area contributed by atoms with Crippen LogP contribution in [0.3, 0.4) is 0 Å². The number of nitrogens with one attached hydrogen (secondary N) is 2. The lowest BCUT2D eigenvalue weighted by Gasteiger charge is -2.50. The van der Waals surface area contributed by atoms with E-state index in [2.05, 4.69) is 17.6 Å². The zero-order valence-corrected chi connectivity index (χ0v) is 19.1. The van der Waals surface area contributed by atoms with Gasteiger partial charge in [0.25, 0.3) is 5.91 Å². The van der Waals surface area contributed by atoms with Gasteiger partial charge in [0.05, 0.1) is 6.04 Å². The molecule has 2 bridgehead atoms. The molecule has 2 aliphatic rings. The smallest absolute Gasteiger partial charge is 0.325 e. The lowest BCUT2D eigenvalue weighted by molar-refractivity contribution is 0.0379. The zero-order valence-electron chi connectivity index (χ0n) is 18.4. The molecule has 5 rings (SSSR count). The third-order valence-corrected chi connectivity index (χ3v) is 6.48. The second-order valence-electron chi connectivity index (χ2n) is 8.55. The number of halogens is 1. The van der Waals surface area contributed by atoms with E-state index < -0.39 is 5.72 Å². The van der Waals surface area contributed by atoms with Gasteiger partial charge in [-0.25, -0.2) is 4.79 Å². The summed E-state index contributed by atoms with van der Waals surface area (Å²) in [4.78, 5) is 27.3. The van der Waals surface area contributed by atoms with Crippen molar-refractivity contribution in [1.82, 2.24) is 5.32 Å². The summed E-state index contributed by atoms with van der Waals surface area (Å²) in [6.45, 7) is 3.99. The van der Waals surface area contributed by atoms with Crippen molar-refractivity contribution in [3.05, 3.63) is 88.4 Å². The van der Waals surface area contributed by atoms with E-state index in [1.54, 1.807) is 35.2 Å². The predicted octanol–water partition coefficient (Wildman–Crippen LogP) is 5.92. The van der Waals surface area contributed by atoms with Crippen molar-refractivity contribution in [3.63, 3.8) is 0 Å². The van der Waals surface area contributed by atoms with E-state index >= 15 is 0 Å². The molecule has 2 heterocycles. The average molecular weight is 462 g/mol. The zero-order chi connectivity index (χ0) is 23.2. The molecule has 2 aliphatic heterocycles. The van der Waals surface area contributed by atoms with Crippen molar-refractivity contribution in [2.45, 2.75) is 38.5 Å². The van der Waals surface area contributed by atoms with Crippen LogP contribution in [-0.2, 0) is 6.42 Å². The molecule has 0 spiro atoms. The summed E-state index contributed by atoms with van der Waals surface area (Å²) < 4.78 is 6.29. The highest BCUT2D eigenvalue weighted by molar-refractivity contribution is 6.30. The van der Waals surface area contributed by atoms with Crippen LogP contribution in [0.25, 0.3) is 0 Å². The summed E-state index contributed by atoms with van der Waals surface area (Å²) in [7, 11) is 0. The molecule has 3 amide bonds. The van der Waals surface area contributed by atoms with Gasteiger partial charge in [0.15, 0.2) is 5.72 Å². The lowest BCUT2D eigenvalue weighted by atomic mass is 9.90. The Morgan fingerprint density at radius 3 is 2.58 bits per heavy atom. The lowest BCUT2D eigenvalue weighted by Crippen LogP contribution is -2.65. The SMILES string of the molecule is CCc1ccc(NC(=O)c2ccc(N3C(=O)NC4CC3(C)Oc3ccc(Cl)cc34)cc2)cc1. The van der Waals surface area contributed by atoms with Crippen LogP contribution < -0.4 is 20.3 Å². The van der Waals surface area contributed by atoms with Crippen molar-refractivity contribution >= 4 is 34.9 Å². The average Bonchev–Trinajstić information content (AvgIpc) is 2.80. The molecular weight excluding hydrogens is 438 g/mol. The molecule has 6 nitrogen and oxygen atoms in total. The summed E-state index contributed by atoms with van der Waals surface area (Å²) in [5.41, 5.74) is 3.12. The largest absolute Gasteiger partial charge is 0.467 e.